The largest absolute Gasteiger partial charge is 0.480 e. The van der Waals surface area contributed by atoms with Crippen LogP contribution in [-0.2, 0) is 16.0 Å². The van der Waals surface area contributed by atoms with Crippen LogP contribution in [0.2, 0.25) is 0 Å². The maximum Gasteiger partial charge on any atom is 0.326 e. The molecule has 0 fully saturated rings. The third-order valence-corrected chi connectivity index (χ3v) is 2.65. The Balaban J connectivity index is 2.56. The normalized spacial score (nSPS) is 13.3. The SMILES string of the molecule is C=CC[C@@H](NC(=O)[C@@H](N)Cc1ccccc1)C(=O)O. The Labute approximate surface area is 112 Å². The molecule has 0 saturated carbocycles. The monoisotopic (exact) mass is 262 g/mol. The fraction of sp³-hybridized carbons (Fsp3) is 0.286. The Morgan fingerprint density at radius 3 is 2.53 bits per heavy atom. The second kappa shape index (κ2) is 7.33. The molecule has 0 spiro atoms. The van der Waals surface area contributed by atoms with Crippen LogP contribution in [0.5, 0.6) is 0 Å². The van der Waals surface area contributed by atoms with Crippen LogP contribution in [0.25, 0.3) is 0 Å². The minimum Gasteiger partial charge on any atom is -0.480 e. The molecule has 1 aromatic carbocycles. The van der Waals surface area contributed by atoms with Gasteiger partial charge in [-0.15, -0.1) is 6.58 Å². The van der Waals surface area contributed by atoms with Gasteiger partial charge in [0.2, 0.25) is 5.91 Å². The van der Waals surface area contributed by atoms with Gasteiger partial charge in [0.15, 0.2) is 0 Å². The standard InChI is InChI=1S/C14H18N2O3/c1-2-6-12(14(18)19)16-13(17)11(15)9-10-7-4-3-5-8-10/h2-5,7-8,11-12H,1,6,9,15H2,(H,16,17)(H,18,19)/t11-,12+/m0/s1. The Bertz CT molecular complexity index is 445. The number of carboxylic acids is 1. The number of hydrogen-bond donors (Lipinski definition) is 3. The first-order valence-corrected chi connectivity index (χ1v) is 5.98. The van der Waals surface area contributed by atoms with Gasteiger partial charge in [-0.25, -0.2) is 4.79 Å². The number of carboxylic acid groups (broad SMARTS) is 1. The molecule has 1 aromatic rings. The molecule has 0 aliphatic heterocycles. The fourth-order valence-corrected chi connectivity index (χ4v) is 1.63. The Kier molecular flexibility index (Phi) is 5.75. The van der Waals surface area contributed by atoms with E-state index in [2.05, 4.69) is 11.9 Å². The summed E-state index contributed by atoms with van der Waals surface area (Å²) in [7, 11) is 0. The summed E-state index contributed by atoms with van der Waals surface area (Å²) in [5.74, 6) is -1.57. The van der Waals surface area contributed by atoms with E-state index in [0.717, 1.165) is 5.56 Å². The number of nitrogens with two attached hydrogens (primary N) is 1. The van der Waals surface area contributed by atoms with Gasteiger partial charge >= 0.3 is 5.97 Å². The first-order valence-electron chi connectivity index (χ1n) is 5.98. The summed E-state index contributed by atoms with van der Waals surface area (Å²) in [5, 5.41) is 11.3. The molecule has 4 N–H and O–H groups in total. The summed E-state index contributed by atoms with van der Waals surface area (Å²) >= 11 is 0. The molecule has 2 atom stereocenters. The fourth-order valence-electron chi connectivity index (χ4n) is 1.63. The van der Waals surface area contributed by atoms with Crippen LogP contribution in [0.3, 0.4) is 0 Å². The van der Waals surface area contributed by atoms with Crippen molar-refractivity contribution in [3.8, 4) is 0 Å². The zero-order valence-corrected chi connectivity index (χ0v) is 10.6. The van der Waals surface area contributed by atoms with E-state index in [4.69, 9.17) is 10.8 Å². The average Bonchev–Trinajstić information content (AvgIpc) is 2.39. The maximum absolute atomic E-state index is 11.8. The highest BCUT2D eigenvalue weighted by atomic mass is 16.4. The first kappa shape index (κ1) is 14.9. The predicted molar refractivity (Wildman–Crippen MR) is 72.5 cm³/mol. The van der Waals surface area contributed by atoms with Crippen LogP contribution in [0.4, 0.5) is 0 Å². The van der Waals surface area contributed by atoms with E-state index >= 15 is 0 Å². The quantitative estimate of drug-likeness (QED) is 0.631. The Morgan fingerprint density at radius 2 is 2.00 bits per heavy atom. The van der Waals surface area contributed by atoms with E-state index in [1.54, 1.807) is 0 Å². The molecule has 5 nitrogen and oxygen atoms in total. The van der Waals surface area contributed by atoms with Crippen LogP contribution in [0.15, 0.2) is 43.0 Å². The molecule has 0 radical (unpaired) electrons. The van der Waals surface area contributed by atoms with E-state index < -0.39 is 24.0 Å². The number of benzene rings is 1. The van der Waals surface area contributed by atoms with E-state index in [1.807, 2.05) is 30.3 Å². The van der Waals surface area contributed by atoms with Crippen molar-refractivity contribution >= 4 is 11.9 Å². The number of amides is 1. The van der Waals surface area contributed by atoms with E-state index in [9.17, 15) is 9.59 Å². The van der Waals surface area contributed by atoms with Crippen LogP contribution in [-0.4, -0.2) is 29.1 Å². The molecule has 5 heteroatoms. The number of carbonyl (C=O) groups is 2. The van der Waals surface area contributed by atoms with Crippen molar-refractivity contribution in [2.24, 2.45) is 5.73 Å². The summed E-state index contributed by atoms with van der Waals surface area (Å²) < 4.78 is 0. The summed E-state index contributed by atoms with van der Waals surface area (Å²) in [5.41, 5.74) is 6.69. The number of hydrogen-bond acceptors (Lipinski definition) is 3. The van der Waals surface area contributed by atoms with Crippen LogP contribution >= 0.6 is 0 Å². The molecule has 0 aromatic heterocycles. The number of aliphatic carboxylic acids is 1. The lowest BCUT2D eigenvalue weighted by Gasteiger charge is -2.16. The highest BCUT2D eigenvalue weighted by Gasteiger charge is 2.22. The van der Waals surface area contributed by atoms with E-state index in [0.29, 0.717) is 6.42 Å². The zero-order valence-electron chi connectivity index (χ0n) is 10.6. The molecule has 0 saturated heterocycles. The van der Waals surface area contributed by atoms with Gasteiger partial charge in [0, 0.05) is 0 Å². The van der Waals surface area contributed by atoms with Crippen LogP contribution in [0, 0.1) is 0 Å². The maximum atomic E-state index is 11.8. The Hall–Kier alpha value is -2.14. The average molecular weight is 262 g/mol. The van der Waals surface area contributed by atoms with Crippen LogP contribution in [0.1, 0.15) is 12.0 Å². The van der Waals surface area contributed by atoms with Gasteiger partial charge < -0.3 is 16.2 Å². The molecular weight excluding hydrogens is 244 g/mol. The van der Waals surface area contributed by atoms with Gasteiger partial charge in [-0.2, -0.15) is 0 Å². The van der Waals surface area contributed by atoms with Gasteiger partial charge in [-0.3, -0.25) is 4.79 Å². The summed E-state index contributed by atoms with van der Waals surface area (Å²) in [6.07, 6.45) is 1.98. The van der Waals surface area contributed by atoms with Crippen molar-refractivity contribution in [3.05, 3.63) is 48.6 Å². The topological polar surface area (TPSA) is 92.4 Å². The van der Waals surface area contributed by atoms with Gasteiger partial charge in [-0.05, 0) is 18.4 Å². The first-order chi connectivity index (χ1) is 9.04. The number of carbonyl (C=O) groups excluding carboxylic acids is 1. The molecule has 0 unspecified atom stereocenters. The van der Waals surface area contributed by atoms with Crippen molar-refractivity contribution < 1.29 is 14.7 Å². The van der Waals surface area contributed by atoms with Gasteiger partial charge in [0.25, 0.3) is 0 Å². The molecule has 19 heavy (non-hydrogen) atoms. The minimum atomic E-state index is -1.10. The number of nitrogens with one attached hydrogen (secondary N) is 1. The van der Waals surface area contributed by atoms with Crippen molar-refractivity contribution in [2.45, 2.75) is 24.9 Å². The summed E-state index contributed by atoms with van der Waals surface area (Å²) in [6, 6.07) is 7.58. The second-order valence-electron chi connectivity index (χ2n) is 4.22. The molecule has 0 bridgehead atoms. The summed E-state index contributed by atoms with van der Waals surface area (Å²) in [4.78, 5) is 22.7. The van der Waals surface area contributed by atoms with Crippen molar-refractivity contribution in [2.75, 3.05) is 0 Å². The van der Waals surface area contributed by atoms with Gasteiger partial charge in [0.1, 0.15) is 6.04 Å². The molecular formula is C14H18N2O3. The molecule has 102 valence electrons. The zero-order chi connectivity index (χ0) is 14.3. The molecule has 1 amide bonds. The summed E-state index contributed by atoms with van der Waals surface area (Å²) in [6.45, 7) is 3.46. The highest BCUT2D eigenvalue weighted by Crippen LogP contribution is 2.03. The van der Waals surface area contributed by atoms with E-state index in [-0.39, 0.29) is 6.42 Å². The van der Waals surface area contributed by atoms with E-state index in [1.165, 1.54) is 6.08 Å². The third-order valence-electron chi connectivity index (χ3n) is 2.65. The minimum absolute atomic E-state index is 0.166. The molecule has 1 rings (SSSR count). The van der Waals surface area contributed by atoms with Crippen molar-refractivity contribution in [3.63, 3.8) is 0 Å². The van der Waals surface area contributed by atoms with Crippen LogP contribution < -0.4 is 11.1 Å². The smallest absolute Gasteiger partial charge is 0.326 e. The van der Waals surface area contributed by atoms with Gasteiger partial charge in [-0.1, -0.05) is 36.4 Å². The predicted octanol–water partition coefficient (Wildman–Crippen LogP) is 0.702. The number of rotatable bonds is 7. The lowest BCUT2D eigenvalue weighted by Crippen LogP contribution is -2.49. The third kappa shape index (κ3) is 4.93. The lowest BCUT2D eigenvalue weighted by atomic mass is 10.1. The lowest BCUT2D eigenvalue weighted by molar-refractivity contribution is -0.141. The van der Waals surface area contributed by atoms with Gasteiger partial charge in [0.05, 0.1) is 6.04 Å². The second-order valence-corrected chi connectivity index (χ2v) is 4.22. The molecule has 0 aliphatic rings. The van der Waals surface area contributed by atoms with Crippen molar-refractivity contribution in [1.29, 1.82) is 0 Å². The van der Waals surface area contributed by atoms with Crippen molar-refractivity contribution in [1.82, 2.24) is 5.32 Å². The highest BCUT2D eigenvalue weighted by molar-refractivity contribution is 5.87. The Morgan fingerprint density at radius 1 is 1.37 bits per heavy atom. The molecule has 0 aliphatic carbocycles. The molecule has 0 heterocycles.